The second-order valence-electron chi connectivity index (χ2n) is 7.57. The van der Waals surface area contributed by atoms with Gasteiger partial charge in [-0.05, 0) is 38.5 Å². The van der Waals surface area contributed by atoms with Crippen LogP contribution >= 0.6 is 35.3 Å². The van der Waals surface area contributed by atoms with E-state index < -0.39 is 0 Å². The van der Waals surface area contributed by atoms with Gasteiger partial charge >= 0.3 is 0 Å². The van der Waals surface area contributed by atoms with Gasteiger partial charge in [0.2, 0.25) is 0 Å². The van der Waals surface area contributed by atoms with E-state index in [0.29, 0.717) is 13.2 Å². The molecule has 0 aliphatic carbocycles. The average Bonchev–Trinajstić information content (AvgIpc) is 3.10. The van der Waals surface area contributed by atoms with E-state index in [1.54, 1.807) is 11.3 Å². The first kappa shape index (κ1) is 26.8. The van der Waals surface area contributed by atoms with Crippen molar-refractivity contribution in [3.63, 3.8) is 0 Å². The van der Waals surface area contributed by atoms with Crippen molar-refractivity contribution >= 4 is 41.3 Å². The topological polar surface area (TPSA) is 71.0 Å². The second-order valence-corrected chi connectivity index (χ2v) is 8.86. The number of aromatic nitrogens is 1. The van der Waals surface area contributed by atoms with Crippen molar-refractivity contribution in [1.82, 2.24) is 20.5 Å². The van der Waals surface area contributed by atoms with Crippen molar-refractivity contribution in [3.05, 3.63) is 45.4 Å². The molecule has 0 saturated carbocycles. The average molecular weight is 574 g/mol. The summed E-state index contributed by atoms with van der Waals surface area (Å²) in [6.07, 6.45) is 0.899. The minimum atomic E-state index is 0. The van der Waals surface area contributed by atoms with E-state index in [1.165, 1.54) is 9.88 Å². The Hall–Kier alpha value is -1.43. The number of nitrogens with one attached hydrogen (secondary N) is 2. The monoisotopic (exact) mass is 573 g/mol. The van der Waals surface area contributed by atoms with Crippen molar-refractivity contribution in [2.45, 2.75) is 33.7 Å². The van der Waals surface area contributed by atoms with Crippen LogP contribution in [0, 0.1) is 13.8 Å². The summed E-state index contributed by atoms with van der Waals surface area (Å²) in [5, 5.41) is 7.89. The molecule has 0 atom stereocenters. The minimum Gasteiger partial charge on any atom is -0.492 e. The number of guanidine groups is 1. The molecule has 0 unspecified atom stereocenters. The molecule has 1 aliphatic heterocycles. The Morgan fingerprint density at radius 3 is 2.78 bits per heavy atom. The van der Waals surface area contributed by atoms with E-state index in [2.05, 4.69) is 53.4 Å². The fourth-order valence-electron chi connectivity index (χ4n) is 3.30. The van der Waals surface area contributed by atoms with Gasteiger partial charge in [-0.1, -0.05) is 12.1 Å². The zero-order valence-corrected chi connectivity index (χ0v) is 22.5. The first-order valence-electron chi connectivity index (χ1n) is 11.1. The summed E-state index contributed by atoms with van der Waals surface area (Å²) in [4.78, 5) is 13.0. The van der Waals surface area contributed by atoms with Gasteiger partial charge in [0.15, 0.2) is 5.96 Å². The van der Waals surface area contributed by atoms with Crippen LogP contribution < -0.4 is 15.4 Å². The molecule has 1 aromatic carbocycles. The van der Waals surface area contributed by atoms with E-state index >= 15 is 0 Å². The molecular weight excluding hydrogens is 537 g/mol. The largest absolute Gasteiger partial charge is 0.492 e. The molecule has 1 fully saturated rings. The predicted octanol–water partition coefficient (Wildman–Crippen LogP) is 3.39. The Labute approximate surface area is 213 Å². The van der Waals surface area contributed by atoms with Crippen molar-refractivity contribution in [2.75, 3.05) is 52.5 Å². The molecule has 0 amide bonds. The van der Waals surface area contributed by atoms with Crippen LogP contribution in [0.5, 0.6) is 5.75 Å². The third-order valence-electron chi connectivity index (χ3n) is 5.15. The Kier molecular flexibility index (Phi) is 12.3. The molecule has 1 saturated heterocycles. The number of rotatable bonds is 10. The summed E-state index contributed by atoms with van der Waals surface area (Å²) < 4.78 is 11.3. The SMILES string of the molecule is CCNC(=NCc1cccc(OCCN2CCOCC2)c1)NCCc1nc(C)c(C)s1.I. The highest BCUT2D eigenvalue weighted by Crippen LogP contribution is 2.16. The molecule has 1 aromatic heterocycles. The number of aliphatic imine (C=N–C) groups is 1. The van der Waals surface area contributed by atoms with Crippen molar-refractivity contribution in [2.24, 2.45) is 4.99 Å². The smallest absolute Gasteiger partial charge is 0.191 e. The Morgan fingerprint density at radius 2 is 2.06 bits per heavy atom. The highest BCUT2D eigenvalue weighted by Gasteiger charge is 2.10. The van der Waals surface area contributed by atoms with Gasteiger partial charge in [-0.25, -0.2) is 9.98 Å². The van der Waals surface area contributed by atoms with Crippen molar-refractivity contribution < 1.29 is 9.47 Å². The number of ether oxygens (including phenoxy) is 2. The fraction of sp³-hybridized carbons (Fsp3) is 0.565. The number of thiazole rings is 1. The maximum absolute atomic E-state index is 5.96. The minimum absolute atomic E-state index is 0. The van der Waals surface area contributed by atoms with Gasteiger partial charge in [0.25, 0.3) is 0 Å². The van der Waals surface area contributed by atoms with Crippen LogP contribution in [0.25, 0.3) is 0 Å². The maximum atomic E-state index is 5.96. The lowest BCUT2D eigenvalue weighted by Gasteiger charge is -2.26. The zero-order chi connectivity index (χ0) is 21.9. The van der Waals surface area contributed by atoms with Crippen LogP contribution in [0.1, 0.15) is 28.1 Å². The van der Waals surface area contributed by atoms with Gasteiger partial charge in [0.1, 0.15) is 12.4 Å². The number of nitrogens with zero attached hydrogens (tertiary/aromatic N) is 3. The van der Waals surface area contributed by atoms with Crippen molar-refractivity contribution in [1.29, 1.82) is 0 Å². The van der Waals surface area contributed by atoms with E-state index in [9.17, 15) is 0 Å². The lowest BCUT2D eigenvalue weighted by molar-refractivity contribution is 0.0322. The van der Waals surface area contributed by atoms with Gasteiger partial charge in [-0.3, -0.25) is 4.90 Å². The summed E-state index contributed by atoms with van der Waals surface area (Å²) in [5.74, 6) is 1.72. The normalized spacial score (nSPS) is 14.7. The van der Waals surface area contributed by atoms with E-state index in [0.717, 1.165) is 75.3 Å². The number of benzene rings is 1. The van der Waals surface area contributed by atoms with Crippen LogP contribution in [-0.4, -0.2) is 68.4 Å². The Balaban J connectivity index is 0.00000363. The number of halogens is 1. The molecule has 2 heterocycles. The Morgan fingerprint density at radius 1 is 1.25 bits per heavy atom. The summed E-state index contributed by atoms with van der Waals surface area (Å²) in [5.41, 5.74) is 2.26. The predicted molar refractivity (Wildman–Crippen MR) is 143 cm³/mol. The lowest BCUT2D eigenvalue weighted by atomic mass is 10.2. The van der Waals surface area contributed by atoms with E-state index in [1.807, 2.05) is 12.1 Å². The van der Waals surface area contributed by atoms with Crippen LogP contribution in [0.4, 0.5) is 0 Å². The summed E-state index contributed by atoms with van der Waals surface area (Å²) in [7, 11) is 0. The molecule has 178 valence electrons. The highest BCUT2D eigenvalue weighted by molar-refractivity contribution is 14.0. The van der Waals surface area contributed by atoms with Gasteiger partial charge < -0.3 is 20.1 Å². The second kappa shape index (κ2) is 14.7. The molecular formula is C23H36IN5O2S. The van der Waals surface area contributed by atoms with Crippen molar-refractivity contribution in [3.8, 4) is 5.75 Å². The number of aryl methyl sites for hydroxylation is 2. The molecule has 0 radical (unpaired) electrons. The first-order valence-corrected chi connectivity index (χ1v) is 11.9. The molecule has 3 rings (SSSR count). The van der Waals surface area contributed by atoms with Gasteiger partial charge in [-0.2, -0.15) is 0 Å². The highest BCUT2D eigenvalue weighted by atomic mass is 127. The summed E-state index contributed by atoms with van der Waals surface area (Å²) in [6, 6.07) is 8.20. The number of morpholine rings is 1. The van der Waals surface area contributed by atoms with Crippen LogP contribution in [0.15, 0.2) is 29.3 Å². The zero-order valence-electron chi connectivity index (χ0n) is 19.4. The standard InChI is InChI=1S/C23H35N5O2S.HI/c1-4-24-23(25-9-8-22-27-18(2)19(3)31-22)26-17-20-6-5-7-21(16-20)30-15-12-28-10-13-29-14-11-28;/h5-7,16H,4,8-15,17H2,1-3H3,(H2,24,25,26);1H. The van der Waals surface area contributed by atoms with E-state index in [4.69, 9.17) is 14.5 Å². The summed E-state index contributed by atoms with van der Waals surface area (Å²) >= 11 is 1.77. The molecule has 9 heteroatoms. The molecule has 0 spiro atoms. The van der Waals surface area contributed by atoms with Gasteiger partial charge in [0, 0.05) is 44.0 Å². The van der Waals surface area contributed by atoms with Crippen LogP contribution in [0.3, 0.4) is 0 Å². The first-order chi connectivity index (χ1) is 15.1. The number of hydrogen-bond donors (Lipinski definition) is 2. The molecule has 7 nitrogen and oxygen atoms in total. The van der Waals surface area contributed by atoms with Crippen LogP contribution in [-0.2, 0) is 17.7 Å². The molecule has 2 N–H and O–H groups in total. The Bertz CT molecular complexity index is 820. The molecule has 32 heavy (non-hydrogen) atoms. The third-order valence-corrected chi connectivity index (χ3v) is 6.28. The maximum Gasteiger partial charge on any atom is 0.191 e. The third kappa shape index (κ3) is 9.21. The molecule has 0 bridgehead atoms. The van der Waals surface area contributed by atoms with Gasteiger partial charge in [-0.15, -0.1) is 35.3 Å². The number of hydrogen-bond acceptors (Lipinski definition) is 6. The van der Waals surface area contributed by atoms with Gasteiger partial charge in [0.05, 0.1) is 30.5 Å². The van der Waals surface area contributed by atoms with Crippen LogP contribution in [0.2, 0.25) is 0 Å². The lowest BCUT2D eigenvalue weighted by Crippen LogP contribution is -2.38. The molecule has 2 aromatic rings. The quantitative estimate of drug-likeness (QED) is 0.258. The molecule has 1 aliphatic rings. The fourth-order valence-corrected chi connectivity index (χ4v) is 4.23. The van der Waals surface area contributed by atoms with E-state index in [-0.39, 0.29) is 24.0 Å². The summed E-state index contributed by atoms with van der Waals surface area (Å²) in [6.45, 7) is 13.7.